The van der Waals surface area contributed by atoms with E-state index in [-0.39, 0.29) is 31.1 Å². The minimum atomic E-state index is -0.279. The van der Waals surface area contributed by atoms with Crippen molar-refractivity contribution >= 4 is 17.7 Å². The molecule has 2 aliphatic rings. The summed E-state index contributed by atoms with van der Waals surface area (Å²) >= 11 is 0. The van der Waals surface area contributed by atoms with E-state index in [9.17, 15) is 14.4 Å². The van der Waals surface area contributed by atoms with Crippen LogP contribution in [0.15, 0.2) is 48.5 Å². The Morgan fingerprint density at radius 3 is 2.40 bits per heavy atom. The van der Waals surface area contributed by atoms with Crippen LogP contribution in [0.5, 0.6) is 11.5 Å². The van der Waals surface area contributed by atoms with Gasteiger partial charge in [-0.2, -0.15) is 0 Å². The summed E-state index contributed by atoms with van der Waals surface area (Å²) in [6.07, 6.45) is 0.675. The fourth-order valence-electron chi connectivity index (χ4n) is 3.54. The van der Waals surface area contributed by atoms with Crippen molar-refractivity contribution in [3.05, 3.63) is 59.7 Å². The number of hydrogen-bond acceptors (Lipinski definition) is 5. The molecule has 3 amide bonds. The van der Waals surface area contributed by atoms with Crippen molar-refractivity contribution in [2.24, 2.45) is 0 Å². The molecule has 0 spiro atoms. The number of carbonyl (C=O) groups excluding carboxylic acids is 3. The Labute approximate surface area is 174 Å². The lowest BCUT2D eigenvalue weighted by molar-refractivity contribution is -0.129. The minimum absolute atomic E-state index is 0.0656. The van der Waals surface area contributed by atoms with Gasteiger partial charge in [0.2, 0.25) is 12.7 Å². The van der Waals surface area contributed by atoms with E-state index in [2.05, 4.69) is 5.32 Å². The number of rotatable bonds is 4. The average Bonchev–Trinajstić information content (AvgIpc) is 3.12. The molecule has 8 nitrogen and oxygen atoms in total. The summed E-state index contributed by atoms with van der Waals surface area (Å²) in [5.41, 5.74) is 1.05. The van der Waals surface area contributed by atoms with Gasteiger partial charge in [-0.3, -0.25) is 14.4 Å². The van der Waals surface area contributed by atoms with Crippen LogP contribution in [0.3, 0.4) is 0 Å². The molecular formula is C22H23N3O5. The minimum Gasteiger partial charge on any atom is -0.454 e. The standard InChI is InChI=1S/C22H23N3O5/c26-20(14-23-21(27)16-5-2-1-3-6-16)24-9-4-10-25(12-11-24)22(28)17-7-8-18-19(13-17)30-15-29-18/h1-3,5-8,13H,4,9-12,14-15H2,(H,23,27). The van der Waals surface area contributed by atoms with Gasteiger partial charge in [0.15, 0.2) is 11.5 Å². The number of carbonyl (C=O) groups is 3. The third kappa shape index (κ3) is 4.37. The number of fused-ring (bicyclic) bond motifs is 1. The lowest BCUT2D eigenvalue weighted by Gasteiger charge is -2.22. The molecule has 1 saturated heterocycles. The highest BCUT2D eigenvalue weighted by molar-refractivity contribution is 5.96. The topological polar surface area (TPSA) is 88.2 Å². The molecule has 1 N–H and O–H groups in total. The second kappa shape index (κ2) is 8.86. The number of benzene rings is 2. The Hall–Kier alpha value is -3.55. The highest BCUT2D eigenvalue weighted by atomic mass is 16.7. The maximum Gasteiger partial charge on any atom is 0.254 e. The van der Waals surface area contributed by atoms with E-state index in [0.717, 1.165) is 0 Å². The van der Waals surface area contributed by atoms with Gasteiger partial charge in [-0.15, -0.1) is 0 Å². The van der Waals surface area contributed by atoms with Crippen molar-refractivity contribution in [2.75, 3.05) is 39.5 Å². The molecule has 0 atom stereocenters. The first kappa shape index (κ1) is 19.8. The van der Waals surface area contributed by atoms with Crippen LogP contribution in [0.1, 0.15) is 27.1 Å². The lowest BCUT2D eigenvalue weighted by atomic mass is 10.1. The number of hydrogen-bond donors (Lipinski definition) is 1. The first-order chi connectivity index (χ1) is 14.6. The van der Waals surface area contributed by atoms with Crippen molar-refractivity contribution in [3.63, 3.8) is 0 Å². The summed E-state index contributed by atoms with van der Waals surface area (Å²) in [6.45, 7) is 2.07. The lowest BCUT2D eigenvalue weighted by Crippen LogP contribution is -2.42. The van der Waals surface area contributed by atoms with Crippen molar-refractivity contribution in [1.82, 2.24) is 15.1 Å². The normalized spacial score (nSPS) is 15.5. The second-order valence-corrected chi connectivity index (χ2v) is 7.14. The van der Waals surface area contributed by atoms with Gasteiger partial charge in [-0.05, 0) is 36.8 Å². The van der Waals surface area contributed by atoms with Crippen LogP contribution < -0.4 is 14.8 Å². The molecule has 0 saturated carbocycles. The van der Waals surface area contributed by atoms with Gasteiger partial charge in [-0.25, -0.2) is 0 Å². The summed E-state index contributed by atoms with van der Waals surface area (Å²) in [5, 5.41) is 2.66. The van der Waals surface area contributed by atoms with Gasteiger partial charge in [0.05, 0.1) is 6.54 Å². The molecule has 2 aromatic rings. The number of nitrogens with one attached hydrogen (secondary N) is 1. The molecule has 2 aliphatic heterocycles. The van der Waals surface area contributed by atoms with Crippen molar-refractivity contribution < 1.29 is 23.9 Å². The summed E-state index contributed by atoms with van der Waals surface area (Å²) in [7, 11) is 0. The Morgan fingerprint density at radius 1 is 0.833 bits per heavy atom. The van der Waals surface area contributed by atoms with Gasteiger partial charge in [0.1, 0.15) is 0 Å². The van der Waals surface area contributed by atoms with Gasteiger partial charge in [-0.1, -0.05) is 18.2 Å². The van der Waals surface area contributed by atoms with Crippen molar-refractivity contribution in [3.8, 4) is 11.5 Å². The molecule has 0 aliphatic carbocycles. The molecule has 8 heteroatoms. The van der Waals surface area contributed by atoms with Crippen LogP contribution in [0.2, 0.25) is 0 Å². The number of nitrogens with zero attached hydrogens (tertiary/aromatic N) is 2. The van der Waals surface area contributed by atoms with E-state index in [4.69, 9.17) is 9.47 Å². The van der Waals surface area contributed by atoms with E-state index in [0.29, 0.717) is 55.2 Å². The fraction of sp³-hybridized carbons (Fsp3) is 0.318. The predicted octanol–water partition coefficient (Wildman–Crippen LogP) is 1.52. The van der Waals surface area contributed by atoms with Crippen molar-refractivity contribution in [1.29, 1.82) is 0 Å². The Balaban J connectivity index is 1.30. The van der Waals surface area contributed by atoms with Gasteiger partial charge in [0.25, 0.3) is 11.8 Å². The number of amides is 3. The largest absolute Gasteiger partial charge is 0.454 e. The molecule has 4 rings (SSSR count). The monoisotopic (exact) mass is 409 g/mol. The van der Waals surface area contributed by atoms with Crippen LogP contribution >= 0.6 is 0 Å². The Morgan fingerprint density at radius 2 is 1.57 bits per heavy atom. The molecule has 0 unspecified atom stereocenters. The fourth-order valence-corrected chi connectivity index (χ4v) is 3.54. The molecule has 30 heavy (non-hydrogen) atoms. The van der Waals surface area contributed by atoms with Crippen LogP contribution in [-0.2, 0) is 4.79 Å². The summed E-state index contributed by atoms with van der Waals surface area (Å²) in [5.74, 6) is 0.674. The van der Waals surface area contributed by atoms with E-state index in [1.165, 1.54) is 0 Å². The highest BCUT2D eigenvalue weighted by Gasteiger charge is 2.24. The SMILES string of the molecule is O=C(NCC(=O)N1CCCN(C(=O)c2ccc3c(c2)OCO3)CC1)c1ccccc1. The van der Waals surface area contributed by atoms with E-state index in [1.807, 2.05) is 6.07 Å². The first-order valence-corrected chi connectivity index (χ1v) is 9.92. The zero-order chi connectivity index (χ0) is 20.9. The smallest absolute Gasteiger partial charge is 0.254 e. The third-order valence-electron chi connectivity index (χ3n) is 5.19. The van der Waals surface area contributed by atoms with Crippen LogP contribution in [0.4, 0.5) is 0 Å². The predicted molar refractivity (Wildman–Crippen MR) is 108 cm³/mol. The van der Waals surface area contributed by atoms with Gasteiger partial charge < -0.3 is 24.6 Å². The summed E-state index contributed by atoms with van der Waals surface area (Å²) in [6, 6.07) is 13.9. The molecule has 2 heterocycles. The summed E-state index contributed by atoms with van der Waals surface area (Å²) < 4.78 is 10.6. The zero-order valence-electron chi connectivity index (χ0n) is 16.5. The van der Waals surface area contributed by atoms with Crippen molar-refractivity contribution in [2.45, 2.75) is 6.42 Å². The van der Waals surface area contributed by atoms with Crippen LogP contribution in [-0.4, -0.2) is 67.0 Å². The van der Waals surface area contributed by atoms with E-state index in [1.54, 1.807) is 52.3 Å². The molecular weight excluding hydrogens is 386 g/mol. The molecule has 2 aromatic carbocycles. The molecule has 0 bridgehead atoms. The zero-order valence-corrected chi connectivity index (χ0v) is 16.5. The van der Waals surface area contributed by atoms with Crippen LogP contribution in [0.25, 0.3) is 0 Å². The van der Waals surface area contributed by atoms with E-state index >= 15 is 0 Å². The number of ether oxygens (including phenoxy) is 2. The maximum atomic E-state index is 12.9. The van der Waals surface area contributed by atoms with Gasteiger partial charge >= 0.3 is 0 Å². The third-order valence-corrected chi connectivity index (χ3v) is 5.19. The first-order valence-electron chi connectivity index (χ1n) is 9.92. The highest BCUT2D eigenvalue weighted by Crippen LogP contribution is 2.32. The molecule has 156 valence electrons. The van der Waals surface area contributed by atoms with Crippen LogP contribution in [0, 0.1) is 0 Å². The van der Waals surface area contributed by atoms with Gasteiger partial charge in [0, 0.05) is 37.3 Å². The Kier molecular flexibility index (Phi) is 5.83. The molecule has 0 radical (unpaired) electrons. The molecule has 0 aromatic heterocycles. The molecule has 1 fully saturated rings. The van der Waals surface area contributed by atoms with E-state index < -0.39 is 0 Å². The second-order valence-electron chi connectivity index (χ2n) is 7.14. The summed E-state index contributed by atoms with van der Waals surface area (Å²) in [4.78, 5) is 41.0. The average molecular weight is 409 g/mol. The quantitative estimate of drug-likeness (QED) is 0.827. The maximum absolute atomic E-state index is 12.9. The Bertz CT molecular complexity index is 947.